The van der Waals surface area contributed by atoms with E-state index < -0.39 is 0 Å². The van der Waals surface area contributed by atoms with E-state index in [-0.39, 0.29) is 18.0 Å². The molecule has 1 aromatic carbocycles. The van der Waals surface area contributed by atoms with Gasteiger partial charge < -0.3 is 9.47 Å². The number of nitrogens with zero attached hydrogens (tertiary/aromatic N) is 2. The second kappa shape index (κ2) is 4.97. The highest BCUT2D eigenvalue weighted by molar-refractivity contribution is 5.87. The van der Waals surface area contributed by atoms with Crippen LogP contribution in [0.4, 0.5) is 0 Å². The standard InChI is InChI=1S/C18H20N2O2/c1-12-8-13-4-2-3-5-17(13)19(12)11-18(22)20-14-6-7-15(20)10-16(21)9-14/h2-5,8,14-15H,6-7,9-11H2,1H3/t14-,15-/m0/s1. The molecule has 114 valence electrons. The Balaban J connectivity index is 1.62. The molecule has 2 aliphatic heterocycles. The molecule has 2 atom stereocenters. The largest absolute Gasteiger partial charge is 0.335 e. The molecule has 2 bridgehead atoms. The molecule has 2 aromatic rings. The van der Waals surface area contributed by atoms with Gasteiger partial charge in [0.05, 0.1) is 0 Å². The Hall–Kier alpha value is -2.10. The van der Waals surface area contributed by atoms with Crippen molar-refractivity contribution in [3.8, 4) is 0 Å². The summed E-state index contributed by atoms with van der Waals surface area (Å²) in [4.78, 5) is 26.5. The number of Topliss-reactive ketones (excluding diaryl/α,β-unsaturated/α-hetero) is 1. The minimum absolute atomic E-state index is 0.140. The fourth-order valence-corrected chi connectivity index (χ4v) is 4.15. The van der Waals surface area contributed by atoms with Crippen LogP contribution in [0.5, 0.6) is 0 Å². The molecule has 0 saturated carbocycles. The molecule has 22 heavy (non-hydrogen) atoms. The van der Waals surface area contributed by atoms with Crippen molar-refractivity contribution in [1.29, 1.82) is 0 Å². The lowest BCUT2D eigenvalue weighted by molar-refractivity contribution is -0.139. The SMILES string of the molecule is Cc1cc2ccccc2n1CC(=O)N1[C@H]2CC[C@H]1CC(=O)C2. The molecule has 0 unspecified atom stereocenters. The third-order valence-electron chi connectivity index (χ3n) is 5.15. The van der Waals surface area contributed by atoms with Crippen LogP contribution in [0.25, 0.3) is 10.9 Å². The molecule has 1 amide bonds. The van der Waals surface area contributed by atoms with E-state index >= 15 is 0 Å². The van der Waals surface area contributed by atoms with Crippen LogP contribution >= 0.6 is 0 Å². The Bertz CT molecular complexity index is 746. The van der Waals surface area contributed by atoms with E-state index in [1.165, 1.54) is 5.39 Å². The Labute approximate surface area is 129 Å². The lowest BCUT2D eigenvalue weighted by atomic mass is 10.0. The monoisotopic (exact) mass is 296 g/mol. The smallest absolute Gasteiger partial charge is 0.243 e. The third kappa shape index (κ3) is 2.05. The maximum atomic E-state index is 12.8. The highest BCUT2D eigenvalue weighted by atomic mass is 16.2. The van der Waals surface area contributed by atoms with Gasteiger partial charge in [-0.1, -0.05) is 18.2 Å². The normalized spacial score (nSPS) is 24.2. The van der Waals surface area contributed by atoms with E-state index in [4.69, 9.17) is 0 Å². The summed E-state index contributed by atoms with van der Waals surface area (Å²) in [6.45, 7) is 2.42. The van der Waals surface area contributed by atoms with Gasteiger partial charge in [0, 0.05) is 36.1 Å². The van der Waals surface area contributed by atoms with Gasteiger partial charge in [0.2, 0.25) is 5.91 Å². The van der Waals surface area contributed by atoms with E-state index in [2.05, 4.69) is 22.8 Å². The predicted octanol–water partition coefficient (Wildman–Crippen LogP) is 2.67. The number of piperidine rings is 1. The molecule has 2 saturated heterocycles. The first kappa shape index (κ1) is 13.6. The van der Waals surface area contributed by atoms with Crippen LogP contribution in [0, 0.1) is 6.92 Å². The molecule has 0 spiro atoms. The number of para-hydroxylation sites is 1. The Morgan fingerprint density at radius 2 is 1.86 bits per heavy atom. The summed E-state index contributed by atoms with van der Waals surface area (Å²) >= 11 is 0. The topological polar surface area (TPSA) is 42.3 Å². The maximum Gasteiger partial charge on any atom is 0.243 e. The highest BCUT2D eigenvalue weighted by Gasteiger charge is 2.42. The third-order valence-corrected chi connectivity index (χ3v) is 5.15. The molecule has 4 nitrogen and oxygen atoms in total. The van der Waals surface area contributed by atoms with Gasteiger partial charge in [-0.05, 0) is 37.3 Å². The Kier molecular flexibility index (Phi) is 3.06. The highest BCUT2D eigenvalue weighted by Crippen LogP contribution is 2.34. The molecular formula is C18H20N2O2. The van der Waals surface area contributed by atoms with Crippen LogP contribution in [-0.4, -0.2) is 33.2 Å². The van der Waals surface area contributed by atoms with Crippen molar-refractivity contribution in [3.63, 3.8) is 0 Å². The molecule has 1 aromatic heterocycles. The van der Waals surface area contributed by atoms with Crippen molar-refractivity contribution in [2.45, 2.75) is 51.2 Å². The van der Waals surface area contributed by atoms with Crippen molar-refractivity contribution in [3.05, 3.63) is 36.0 Å². The van der Waals surface area contributed by atoms with Crippen LogP contribution < -0.4 is 0 Å². The molecule has 2 fully saturated rings. The lowest BCUT2D eigenvalue weighted by Crippen LogP contribution is -2.48. The fourth-order valence-electron chi connectivity index (χ4n) is 4.15. The van der Waals surface area contributed by atoms with Crippen LogP contribution in [0.3, 0.4) is 0 Å². The van der Waals surface area contributed by atoms with Crippen LogP contribution in [-0.2, 0) is 16.1 Å². The van der Waals surface area contributed by atoms with Gasteiger partial charge in [0.1, 0.15) is 12.3 Å². The number of aryl methyl sites for hydroxylation is 1. The van der Waals surface area contributed by atoms with Crippen molar-refractivity contribution in [1.82, 2.24) is 9.47 Å². The van der Waals surface area contributed by atoms with Gasteiger partial charge in [-0.25, -0.2) is 0 Å². The van der Waals surface area contributed by atoms with E-state index in [1.54, 1.807) is 0 Å². The summed E-state index contributed by atoms with van der Waals surface area (Å²) in [5.41, 5.74) is 2.21. The zero-order chi connectivity index (χ0) is 15.3. The van der Waals surface area contributed by atoms with Gasteiger partial charge >= 0.3 is 0 Å². The number of aromatic nitrogens is 1. The summed E-state index contributed by atoms with van der Waals surface area (Å²) in [6.07, 6.45) is 3.06. The molecule has 0 aliphatic carbocycles. The minimum Gasteiger partial charge on any atom is -0.335 e. The number of rotatable bonds is 2. The summed E-state index contributed by atoms with van der Waals surface area (Å²) in [5.74, 6) is 0.476. The average molecular weight is 296 g/mol. The fraction of sp³-hybridized carbons (Fsp3) is 0.444. The molecule has 4 heteroatoms. The van der Waals surface area contributed by atoms with Crippen molar-refractivity contribution >= 4 is 22.6 Å². The van der Waals surface area contributed by atoms with Crippen LogP contribution in [0.1, 0.15) is 31.4 Å². The van der Waals surface area contributed by atoms with Gasteiger partial charge in [-0.2, -0.15) is 0 Å². The number of carbonyl (C=O) groups is 2. The minimum atomic E-state index is 0.140. The summed E-state index contributed by atoms with van der Waals surface area (Å²) in [7, 11) is 0. The van der Waals surface area contributed by atoms with Crippen LogP contribution in [0.15, 0.2) is 30.3 Å². The zero-order valence-electron chi connectivity index (χ0n) is 12.8. The number of hydrogen-bond acceptors (Lipinski definition) is 2. The van der Waals surface area contributed by atoms with E-state index in [0.29, 0.717) is 25.2 Å². The molecule has 0 N–H and O–H groups in total. The zero-order valence-corrected chi connectivity index (χ0v) is 12.8. The van der Waals surface area contributed by atoms with Gasteiger partial charge in [0.15, 0.2) is 0 Å². The quantitative estimate of drug-likeness (QED) is 0.855. The first-order valence-electron chi connectivity index (χ1n) is 8.01. The maximum absolute atomic E-state index is 12.8. The van der Waals surface area contributed by atoms with Crippen molar-refractivity contribution in [2.75, 3.05) is 0 Å². The van der Waals surface area contributed by atoms with Crippen LogP contribution in [0.2, 0.25) is 0 Å². The molecule has 0 radical (unpaired) electrons. The van der Waals surface area contributed by atoms with Crippen molar-refractivity contribution in [2.24, 2.45) is 0 Å². The number of carbonyl (C=O) groups excluding carboxylic acids is 2. The first-order valence-corrected chi connectivity index (χ1v) is 8.01. The number of hydrogen-bond donors (Lipinski definition) is 0. The van der Waals surface area contributed by atoms with Gasteiger partial charge in [-0.3, -0.25) is 9.59 Å². The second-order valence-electron chi connectivity index (χ2n) is 6.56. The summed E-state index contributed by atoms with van der Waals surface area (Å²) < 4.78 is 2.09. The Morgan fingerprint density at radius 3 is 2.59 bits per heavy atom. The predicted molar refractivity (Wildman–Crippen MR) is 84.6 cm³/mol. The molecule has 3 heterocycles. The van der Waals surface area contributed by atoms with E-state index in [9.17, 15) is 9.59 Å². The Morgan fingerprint density at radius 1 is 1.18 bits per heavy atom. The molecular weight excluding hydrogens is 276 g/mol. The lowest BCUT2D eigenvalue weighted by Gasteiger charge is -2.34. The van der Waals surface area contributed by atoms with Gasteiger partial charge in [-0.15, -0.1) is 0 Å². The first-order chi connectivity index (χ1) is 10.6. The number of fused-ring (bicyclic) bond motifs is 3. The summed E-state index contributed by atoms with van der Waals surface area (Å²) in [6, 6.07) is 10.6. The van der Waals surface area contributed by atoms with E-state index in [1.807, 2.05) is 24.0 Å². The average Bonchev–Trinajstić information content (AvgIpc) is 2.94. The van der Waals surface area contributed by atoms with E-state index in [0.717, 1.165) is 24.1 Å². The number of amides is 1. The van der Waals surface area contributed by atoms with Gasteiger partial charge in [0.25, 0.3) is 0 Å². The second-order valence-corrected chi connectivity index (χ2v) is 6.56. The summed E-state index contributed by atoms with van der Waals surface area (Å²) in [5, 5.41) is 1.17. The number of ketones is 1. The number of benzene rings is 1. The molecule has 2 aliphatic rings. The molecule has 4 rings (SSSR count). The van der Waals surface area contributed by atoms with Crippen molar-refractivity contribution < 1.29 is 9.59 Å².